The van der Waals surface area contributed by atoms with E-state index in [0.717, 1.165) is 25.7 Å². The Balaban J connectivity index is 4.38. The summed E-state index contributed by atoms with van der Waals surface area (Å²) in [6.07, 6.45) is 33.0. The molecule has 0 aromatic heterocycles. The van der Waals surface area contributed by atoms with Crippen molar-refractivity contribution in [2.24, 2.45) is 11.8 Å². The Bertz CT molecular complexity index is 511. The third kappa shape index (κ3) is 18.8. The first kappa shape index (κ1) is 43.8. The maximum atomic E-state index is 5.78. The Morgan fingerprint density at radius 3 is 0.659 bits per heavy atom. The SMILES string of the molecule is CCCCCCCCCC(CCCCCCCCCCC(CCCCCCCCC)C(OC)(OC)OC)C(OC)(OC)OC. The average molecular weight is 631 g/mol. The van der Waals surface area contributed by atoms with Gasteiger partial charge in [-0.25, -0.2) is 0 Å². The highest BCUT2D eigenvalue weighted by molar-refractivity contribution is 4.73. The minimum atomic E-state index is -0.916. The summed E-state index contributed by atoms with van der Waals surface area (Å²) in [4.78, 5) is 0. The molecule has 0 aliphatic rings. The summed E-state index contributed by atoms with van der Waals surface area (Å²) in [5.41, 5.74) is 0. The molecular formula is C38H78O6. The van der Waals surface area contributed by atoms with Crippen molar-refractivity contribution in [1.29, 1.82) is 0 Å². The minimum Gasteiger partial charge on any atom is -0.331 e. The molecule has 0 saturated heterocycles. The van der Waals surface area contributed by atoms with Crippen molar-refractivity contribution in [3.63, 3.8) is 0 Å². The fraction of sp³-hybridized carbons (Fsp3) is 1.00. The van der Waals surface area contributed by atoms with Gasteiger partial charge in [-0.05, 0) is 25.7 Å². The summed E-state index contributed by atoms with van der Waals surface area (Å²) in [5.74, 6) is -1.29. The van der Waals surface area contributed by atoms with E-state index in [9.17, 15) is 0 Å². The van der Waals surface area contributed by atoms with E-state index in [1.807, 2.05) is 0 Å². The Kier molecular flexibility index (Phi) is 30.0. The second-order valence-electron chi connectivity index (χ2n) is 13.1. The van der Waals surface area contributed by atoms with Gasteiger partial charge in [-0.15, -0.1) is 0 Å². The van der Waals surface area contributed by atoms with Gasteiger partial charge in [-0.1, -0.05) is 155 Å². The fourth-order valence-corrected chi connectivity index (χ4v) is 7.03. The van der Waals surface area contributed by atoms with Crippen molar-refractivity contribution in [3.05, 3.63) is 0 Å². The second-order valence-corrected chi connectivity index (χ2v) is 13.1. The predicted octanol–water partition coefficient (Wildman–Crippen LogP) is 11.6. The van der Waals surface area contributed by atoms with Crippen molar-refractivity contribution >= 4 is 0 Å². The second kappa shape index (κ2) is 30.1. The molecule has 0 fully saturated rings. The molecule has 0 spiro atoms. The molecule has 0 aliphatic carbocycles. The summed E-state index contributed by atoms with van der Waals surface area (Å²) >= 11 is 0. The van der Waals surface area contributed by atoms with E-state index in [1.54, 1.807) is 42.7 Å². The Morgan fingerprint density at radius 1 is 0.295 bits per heavy atom. The molecular weight excluding hydrogens is 552 g/mol. The van der Waals surface area contributed by atoms with Crippen LogP contribution in [0.2, 0.25) is 0 Å². The van der Waals surface area contributed by atoms with Crippen LogP contribution in [0, 0.1) is 11.8 Å². The maximum absolute atomic E-state index is 5.78. The molecule has 2 atom stereocenters. The zero-order valence-electron chi connectivity index (χ0n) is 31.0. The van der Waals surface area contributed by atoms with E-state index in [0.29, 0.717) is 0 Å². The number of ether oxygens (including phenoxy) is 6. The molecule has 0 heterocycles. The molecule has 266 valence electrons. The smallest absolute Gasteiger partial charge is 0.285 e. The van der Waals surface area contributed by atoms with E-state index in [2.05, 4.69) is 13.8 Å². The molecule has 6 heteroatoms. The van der Waals surface area contributed by atoms with E-state index < -0.39 is 11.9 Å². The standard InChI is InChI=1S/C38H78O6/c1-9-11-13-15-19-23-27-31-35(37(39-3,40-4)41-5)33-29-25-21-17-18-22-26-30-34-36(38(42-6,43-7)44-8)32-28-24-20-16-14-12-10-2/h35-36H,9-34H2,1-8H3. The Labute approximate surface area is 275 Å². The molecule has 0 rings (SSSR count). The van der Waals surface area contributed by atoms with E-state index in [-0.39, 0.29) is 11.8 Å². The average Bonchev–Trinajstić information content (AvgIpc) is 3.05. The number of methoxy groups -OCH3 is 6. The van der Waals surface area contributed by atoms with Gasteiger partial charge in [-0.2, -0.15) is 0 Å². The van der Waals surface area contributed by atoms with Crippen molar-refractivity contribution in [2.75, 3.05) is 42.7 Å². The van der Waals surface area contributed by atoms with Gasteiger partial charge in [0.15, 0.2) is 0 Å². The Hall–Kier alpha value is -0.240. The Morgan fingerprint density at radius 2 is 0.477 bits per heavy atom. The van der Waals surface area contributed by atoms with Crippen LogP contribution >= 0.6 is 0 Å². The van der Waals surface area contributed by atoms with Crippen LogP contribution in [0.3, 0.4) is 0 Å². The van der Waals surface area contributed by atoms with E-state index >= 15 is 0 Å². The van der Waals surface area contributed by atoms with Crippen molar-refractivity contribution in [3.8, 4) is 0 Å². The fourth-order valence-electron chi connectivity index (χ4n) is 7.03. The van der Waals surface area contributed by atoms with Crippen LogP contribution in [0.1, 0.15) is 181 Å². The van der Waals surface area contributed by atoms with Crippen LogP contribution in [-0.2, 0) is 28.4 Å². The molecule has 0 aromatic rings. The zero-order chi connectivity index (χ0) is 32.8. The third-order valence-corrected chi connectivity index (χ3v) is 9.87. The van der Waals surface area contributed by atoms with E-state index in [4.69, 9.17) is 28.4 Å². The third-order valence-electron chi connectivity index (χ3n) is 9.87. The highest BCUT2D eigenvalue weighted by Crippen LogP contribution is 2.34. The predicted molar refractivity (Wildman–Crippen MR) is 186 cm³/mol. The summed E-state index contributed by atoms with van der Waals surface area (Å²) in [6.45, 7) is 4.55. The molecule has 6 nitrogen and oxygen atoms in total. The zero-order valence-corrected chi connectivity index (χ0v) is 31.0. The van der Waals surface area contributed by atoms with Crippen LogP contribution in [-0.4, -0.2) is 54.6 Å². The monoisotopic (exact) mass is 631 g/mol. The van der Waals surface area contributed by atoms with Gasteiger partial charge < -0.3 is 28.4 Å². The molecule has 0 N–H and O–H groups in total. The summed E-state index contributed by atoms with van der Waals surface area (Å²) in [7, 11) is 10.3. The highest BCUT2D eigenvalue weighted by Gasteiger charge is 2.40. The normalized spacial score (nSPS) is 13.9. The van der Waals surface area contributed by atoms with Crippen LogP contribution in [0.25, 0.3) is 0 Å². The molecule has 0 saturated carbocycles. The van der Waals surface area contributed by atoms with Gasteiger partial charge in [0, 0.05) is 54.5 Å². The lowest BCUT2D eigenvalue weighted by atomic mass is 9.91. The van der Waals surface area contributed by atoms with Gasteiger partial charge >= 0.3 is 0 Å². The first-order valence-electron chi connectivity index (χ1n) is 18.8. The van der Waals surface area contributed by atoms with Gasteiger partial charge in [0.25, 0.3) is 11.9 Å². The van der Waals surface area contributed by atoms with Crippen molar-refractivity contribution in [2.45, 2.75) is 193 Å². The number of rotatable bonds is 35. The number of unbranched alkanes of at least 4 members (excludes halogenated alkanes) is 19. The highest BCUT2D eigenvalue weighted by atomic mass is 16.9. The van der Waals surface area contributed by atoms with Gasteiger partial charge in [-0.3, -0.25) is 0 Å². The maximum Gasteiger partial charge on any atom is 0.285 e. The molecule has 0 bridgehead atoms. The summed E-state index contributed by atoms with van der Waals surface area (Å²) in [5, 5.41) is 0. The van der Waals surface area contributed by atoms with Crippen LogP contribution < -0.4 is 0 Å². The molecule has 44 heavy (non-hydrogen) atoms. The van der Waals surface area contributed by atoms with Crippen LogP contribution in [0.15, 0.2) is 0 Å². The number of hydrogen-bond donors (Lipinski definition) is 0. The molecule has 0 radical (unpaired) electrons. The summed E-state index contributed by atoms with van der Waals surface area (Å²) in [6, 6.07) is 0. The lowest BCUT2D eigenvalue weighted by Crippen LogP contribution is -2.44. The van der Waals surface area contributed by atoms with Gasteiger partial charge in [0.1, 0.15) is 0 Å². The summed E-state index contributed by atoms with van der Waals surface area (Å²) < 4.78 is 34.7. The molecule has 0 amide bonds. The lowest BCUT2D eigenvalue weighted by molar-refractivity contribution is -0.380. The molecule has 0 aliphatic heterocycles. The molecule has 2 unspecified atom stereocenters. The largest absolute Gasteiger partial charge is 0.331 e. The molecule has 0 aromatic carbocycles. The quantitative estimate of drug-likeness (QED) is 0.0513. The first-order valence-corrected chi connectivity index (χ1v) is 18.8. The van der Waals surface area contributed by atoms with Crippen molar-refractivity contribution < 1.29 is 28.4 Å². The van der Waals surface area contributed by atoms with Crippen LogP contribution in [0.4, 0.5) is 0 Å². The van der Waals surface area contributed by atoms with Crippen molar-refractivity contribution in [1.82, 2.24) is 0 Å². The van der Waals surface area contributed by atoms with Gasteiger partial charge in [0.2, 0.25) is 0 Å². The topological polar surface area (TPSA) is 55.4 Å². The number of hydrogen-bond acceptors (Lipinski definition) is 6. The van der Waals surface area contributed by atoms with Crippen LogP contribution in [0.5, 0.6) is 0 Å². The lowest BCUT2D eigenvalue weighted by Gasteiger charge is -2.36. The van der Waals surface area contributed by atoms with Gasteiger partial charge in [0.05, 0.1) is 0 Å². The first-order chi connectivity index (χ1) is 21.5. The minimum absolute atomic E-state index is 0.269. The van der Waals surface area contributed by atoms with E-state index in [1.165, 1.54) is 141 Å².